The summed E-state index contributed by atoms with van der Waals surface area (Å²) in [6.45, 7) is 2.20. The number of hydrogen-bond acceptors (Lipinski definition) is 7. The van der Waals surface area contributed by atoms with E-state index in [9.17, 15) is 4.79 Å². The minimum atomic E-state index is -1.64. The molecule has 0 bridgehead atoms. The first-order valence-corrected chi connectivity index (χ1v) is 8.54. The van der Waals surface area contributed by atoms with E-state index in [2.05, 4.69) is 6.92 Å². The molecule has 1 aliphatic carbocycles. The lowest BCUT2D eigenvalue weighted by Crippen LogP contribution is -2.63. The quantitative estimate of drug-likeness (QED) is 0.285. The first-order valence-electron chi connectivity index (χ1n) is 8.54. The Bertz CT molecular complexity index is 280. The molecular weight excluding hydrogens is 320 g/mol. The molecule has 1 rings (SSSR count). The number of aliphatic hydroxyl groups excluding tert-OH is 6. The number of aliphatic carboxylic acids is 1. The van der Waals surface area contributed by atoms with Crippen molar-refractivity contribution >= 4 is 5.97 Å². The Labute approximate surface area is 142 Å². The van der Waals surface area contributed by atoms with Crippen molar-refractivity contribution in [2.45, 2.75) is 94.9 Å². The second-order valence-corrected chi connectivity index (χ2v) is 6.21. The Balaban J connectivity index is 0.000000441. The van der Waals surface area contributed by atoms with Gasteiger partial charge in [-0.2, -0.15) is 0 Å². The molecule has 8 heteroatoms. The fraction of sp³-hybridized carbons (Fsp3) is 0.938. The fourth-order valence-corrected chi connectivity index (χ4v) is 2.45. The van der Waals surface area contributed by atoms with Crippen LogP contribution in [0.1, 0.15) is 58.3 Å². The first kappa shape index (κ1) is 23.2. The first-order chi connectivity index (χ1) is 11.2. The maximum atomic E-state index is 10.1. The van der Waals surface area contributed by atoms with Gasteiger partial charge >= 0.3 is 5.97 Å². The molecule has 0 atom stereocenters. The van der Waals surface area contributed by atoms with E-state index in [0.717, 1.165) is 12.8 Å². The van der Waals surface area contributed by atoms with Crippen LogP contribution in [0, 0.1) is 0 Å². The van der Waals surface area contributed by atoms with Gasteiger partial charge in [-0.05, 0) is 6.42 Å². The highest BCUT2D eigenvalue weighted by Crippen LogP contribution is 2.20. The van der Waals surface area contributed by atoms with Crippen molar-refractivity contribution < 1.29 is 40.5 Å². The maximum Gasteiger partial charge on any atom is 0.303 e. The Morgan fingerprint density at radius 2 is 0.917 bits per heavy atom. The van der Waals surface area contributed by atoms with Crippen molar-refractivity contribution in [2.75, 3.05) is 0 Å². The molecule has 7 N–H and O–H groups in total. The van der Waals surface area contributed by atoms with Crippen LogP contribution in [-0.2, 0) is 4.79 Å². The molecule has 0 amide bonds. The molecule has 0 radical (unpaired) electrons. The Hall–Kier alpha value is -0.770. The zero-order valence-corrected chi connectivity index (χ0v) is 14.2. The summed E-state index contributed by atoms with van der Waals surface area (Å²) in [6, 6.07) is 0. The van der Waals surface area contributed by atoms with Gasteiger partial charge in [-0.1, -0.05) is 45.4 Å². The summed E-state index contributed by atoms with van der Waals surface area (Å²) in [5, 5.41) is 62.2. The molecule has 1 fully saturated rings. The minimum Gasteiger partial charge on any atom is -0.481 e. The Morgan fingerprint density at radius 1 is 0.625 bits per heavy atom. The normalized spacial score (nSPS) is 32.8. The van der Waals surface area contributed by atoms with Crippen molar-refractivity contribution in [3.8, 4) is 0 Å². The monoisotopic (exact) mass is 352 g/mol. The second-order valence-electron chi connectivity index (χ2n) is 6.21. The van der Waals surface area contributed by atoms with Crippen LogP contribution >= 0.6 is 0 Å². The number of unbranched alkanes of at least 4 members (excludes halogenated alkanes) is 6. The molecule has 0 aromatic rings. The van der Waals surface area contributed by atoms with Crippen LogP contribution in [0.5, 0.6) is 0 Å². The Kier molecular flexibility index (Phi) is 12.2. The smallest absolute Gasteiger partial charge is 0.303 e. The molecule has 24 heavy (non-hydrogen) atoms. The van der Waals surface area contributed by atoms with Crippen LogP contribution in [0.25, 0.3) is 0 Å². The van der Waals surface area contributed by atoms with Gasteiger partial charge in [-0.3, -0.25) is 4.79 Å². The standard InChI is InChI=1S/C10H20O2.C6H12O6/c1-2-3-4-5-6-7-8-9-10(11)12;7-1-2(8)4(10)6(12)5(11)3(1)9/h2-9H2,1H3,(H,11,12);1-12H/t;1-,2-,3-,4+,5-,6-. The predicted molar refractivity (Wildman–Crippen MR) is 86.3 cm³/mol. The lowest BCUT2D eigenvalue weighted by atomic mass is 9.85. The molecule has 0 aromatic carbocycles. The topological polar surface area (TPSA) is 159 Å². The summed E-state index contributed by atoms with van der Waals surface area (Å²) in [6.07, 6.45) is -1.20. The number of carboxylic acids is 1. The zero-order valence-electron chi connectivity index (χ0n) is 14.2. The van der Waals surface area contributed by atoms with Gasteiger partial charge in [0.05, 0.1) is 0 Å². The van der Waals surface area contributed by atoms with E-state index in [4.69, 9.17) is 35.7 Å². The van der Waals surface area contributed by atoms with Gasteiger partial charge in [0.15, 0.2) is 0 Å². The lowest BCUT2D eigenvalue weighted by molar-refractivity contribution is -0.223. The summed E-state index contributed by atoms with van der Waals surface area (Å²) in [7, 11) is 0. The van der Waals surface area contributed by atoms with E-state index < -0.39 is 42.6 Å². The summed E-state index contributed by atoms with van der Waals surface area (Å²) < 4.78 is 0. The van der Waals surface area contributed by atoms with Gasteiger partial charge in [-0.25, -0.2) is 0 Å². The lowest BCUT2D eigenvalue weighted by Gasteiger charge is -2.39. The third-order valence-corrected chi connectivity index (χ3v) is 4.09. The van der Waals surface area contributed by atoms with Crippen molar-refractivity contribution in [2.24, 2.45) is 0 Å². The van der Waals surface area contributed by atoms with Gasteiger partial charge in [0.2, 0.25) is 0 Å². The molecule has 1 saturated carbocycles. The van der Waals surface area contributed by atoms with Gasteiger partial charge in [-0.15, -0.1) is 0 Å². The van der Waals surface area contributed by atoms with Crippen LogP contribution in [0.3, 0.4) is 0 Å². The molecule has 1 aliphatic rings. The maximum absolute atomic E-state index is 10.1. The van der Waals surface area contributed by atoms with E-state index in [-0.39, 0.29) is 0 Å². The number of aliphatic hydroxyl groups is 6. The SMILES string of the molecule is CCCCCCCCCC(=O)O.O[C@H]1[C@H](O)[C@@H](O)[C@H](O)[C@@H](O)[C@H]1O. The van der Waals surface area contributed by atoms with E-state index in [1.165, 1.54) is 32.1 Å². The summed E-state index contributed by atoms with van der Waals surface area (Å²) >= 11 is 0. The Morgan fingerprint density at radius 3 is 1.21 bits per heavy atom. The van der Waals surface area contributed by atoms with Crippen molar-refractivity contribution in [1.82, 2.24) is 0 Å². The van der Waals surface area contributed by atoms with Crippen LogP contribution in [0.4, 0.5) is 0 Å². The summed E-state index contributed by atoms with van der Waals surface area (Å²) in [5.74, 6) is -0.663. The number of rotatable bonds is 8. The number of carboxylic acid groups (broad SMARTS) is 1. The summed E-state index contributed by atoms with van der Waals surface area (Å²) in [5.41, 5.74) is 0. The second kappa shape index (κ2) is 12.6. The van der Waals surface area contributed by atoms with Crippen LogP contribution in [0.2, 0.25) is 0 Å². The molecule has 8 nitrogen and oxygen atoms in total. The number of hydrogen-bond donors (Lipinski definition) is 7. The van der Waals surface area contributed by atoms with E-state index >= 15 is 0 Å². The highest BCUT2D eigenvalue weighted by Gasteiger charge is 2.47. The fourth-order valence-electron chi connectivity index (χ4n) is 2.45. The van der Waals surface area contributed by atoms with E-state index in [0.29, 0.717) is 6.42 Å². The van der Waals surface area contributed by atoms with Gasteiger partial charge in [0.25, 0.3) is 0 Å². The molecule has 0 saturated heterocycles. The summed E-state index contributed by atoms with van der Waals surface area (Å²) in [4.78, 5) is 10.1. The average Bonchev–Trinajstić information content (AvgIpc) is 2.56. The van der Waals surface area contributed by atoms with Crippen LogP contribution in [0.15, 0.2) is 0 Å². The highest BCUT2D eigenvalue weighted by atomic mass is 16.4. The van der Waals surface area contributed by atoms with Crippen molar-refractivity contribution in [1.29, 1.82) is 0 Å². The van der Waals surface area contributed by atoms with Crippen molar-refractivity contribution in [3.05, 3.63) is 0 Å². The molecule has 144 valence electrons. The third-order valence-electron chi connectivity index (χ3n) is 4.09. The van der Waals surface area contributed by atoms with E-state index in [1.54, 1.807) is 0 Å². The molecular formula is C16H32O8. The van der Waals surface area contributed by atoms with Gasteiger partial charge in [0.1, 0.15) is 36.6 Å². The largest absolute Gasteiger partial charge is 0.481 e. The molecule has 0 aliphatic heterocycles. The predicted octanol–water partition coefficient (Wildman–Crippen LogP) is -0.623. The molecule has 0 spiro atoms. The highest BCUT2D eigenvalue weighted by molar-refractivity contribution is 5.66. The van der Waals surface area contributed by atoms with Crippen LogP contribution in [-0.4, -0.2) is 78.3 Å². The average molecular weight is 352 g/mol. The van der Waals surface area contributed by atoms with E-state index in [1.807, 2.05) is 0 Å². The minimum absolute atomic E-state index is 0.341. The van der Waals surface area contributed by atoms with Gasteiger partial charge < -0.3 is 35.7 Å². The molecule has 0 aromatic heterocycles. The zero-order chi connectivity index (χ0) is 18.7. The van der Waals surface area contributed by atoms with Crippen LogP contribution < -0.4 is 0 Å². The van der Waals surface area contributed by atoms with Crippen molar-refractivity contribution in [3.63, 3.8) is 0 Å². The molecule has 0 heterocycles. The third kappa shape index (κ3) is 8.36. The number of carbonyl (C=O) groups is 1. The van der Waals surface area contributed by atoms with Gasteiger partial charge in [0, 0.05) is 6.42 Å². The molecule has 0 unspecified atom stereocenters.